The maximum Gasteiger partial charge on any atom is 0.261 e. The molecule has 0 saturated heterocycles. The molecule has 1 aromatic rings. The fourth-order valence-corrected chi connectivity index (χ4v) is 2.35. The first-order valence-corrected chi connectivity index (χ1v) is 6.82. The van der Waals surface area contributed by atoms with E-state index < -0.39 is 0 Å². The number of hydrogen-bond acceptors (Lipinski definition) is 3. The molecule has 0 bridgehead atoms. The third kappa shape index (κ3) is 2.31. The molecule has 1 aliphatic carbocycles. The molecule has 104 valence electrons. The smallest absolute Gasteiger partial charge is 0.261 e. The molecule has 1 N–H and O–H groups in total. The third-order valence-electron chi connectivity index (χ3n) is 3.63. The second-order valence-electron chi connectivity index (χ2n) is 5.40. The summed E-state index contributed by atoms with van der Waals surface area (Å²) in [6.45, 7) is 2.02. The van der Waals surface area contributed by atoms with Gasteiger partial charge in [-0.2, -0.15) is 0 Å². The quantitative estimate of drug-likeness (QED) is 0.839. The minimum Gasteiger partial charge on any atom is -0.353 e. The van der Waals surface area contributed by atoms with Crippen molar-refractivity contribution in [3.63, 3.8) is 0 Å². The van der Waals surface area contributed by atoms with Crippen molar-refractivity contribution < 1.29 is 14.4 Å². The van der Waals surface area contributed by atoms with E-state index >= 15 is 0 Å². The summed E-state index contributed by atoms with van der Waals surface area (Å²) >= 11 is 0. The average molecular weight is 272 g/mol. The zero-order valence-electron chi connectivity index (χ0n) is 11.3. The van der Waals surface area contributed by atoms with Crippen molar-refractivity contribution in [1.29, 1.82) is 0 Å². The van der Waals surface area contributed by atoms with Gasteiger partial charge in [-0.25, -0.2) is 0 Å². The summed E-state index contributed by atoms with van der Waals surface area (Å²) in [6, 6.07) is 5.51. The monoisotopic (exact) mass is 272 g/mol. The number of nitrogens with one attached hydrogen (secondary N) is 1. The molecule has 1 fully saturated rings. The van der Waals surface area contributed by atoms with Crippen molar-refractivity contribution in [2.45, 2.75) is 32.2 Å². The third-order valence-corrected chi connectivity index (χ3v) is 3.63. The van der Waals surface area contributed by atoms with E-state index in [1.54, 1.807) is 12.1 Å². The van der Waals surface area contributed by atoms with Gasteiger partial charge in [-0.1, -0.05) is 11.6 Å². The minimum atomic E-state index is -0.302. The van der Waals surface area contributed by atoms with Crippen LogP contribution in [0.1, 0.15) is 45.5 Å². The van der Waals surface area contributed by atoms with Crippen LogP contribution in [0.3, 0.4) is 0 Å². The Hall–Kier alpha value is -2.17. The maximum atomic E-state index is 12.2. The van der Waals surface area contributed by atoms with Gasteiger partial charge >= 0.3 is 0 Å². The van der Waals surface area contributed by atoms with Gasteiger partial charge in [0.1, 0.15) is 0 Å². The lowest BCUT2D eigenvalue weighted by Gasteiger charge is -2.13. The molecule has 1 saturated carbocycles. The molecular formula is C15H16N2O3. The molecule has 5 heteroatoms. The average Bonchev–Trinajstić information content (AvgIpc) is 3.18. The molecule has 3 rings (SSSR count). The van der Waals surface area contributed by atoms with Gasteiger partial charge in [0.25, 0.3) is 11.8 Å². The number of aryl methyl sites for hydroxylation is 1. The predicted octanol–water partition coefficient (Wildman–Crippen LogP) is 1.26. The number of carbonyl (C=O) groups excluding carboxylic acids is 3. The molecule has 1 heterocycles. The SMILES string of the molecule is Cc1ccc2c(c1)C(=O)N(CCC(=O)NC1CC1)C2=O. The van der Waals surface area contributed by atoms with Gasteiger partial charge in [0, 0.05) is 19.0 Å². The first kappa shape index (κ1) is 12.8. The number of carbonyl (C=O) groups is 3. The summed E-state index contributed by atoms with van der Waals surface area (Å²) in [6.07, 6.45) is 2.22. The van der Waals surface area contributed by atoms with Gasteiger partial charge < -0.3 is 5.32 Å². The van der Waals surface area contributed by atoms with Crippen molar-refractivity contribution in [1.82, 2.24) is 10.2 Å². The summed E-state index contributed by atoms with van der Waals surface area (Å²) in [5, 5.41) is 2.85. The highest BCUT2D eigenvalue weighted by Crippen LogP contribution is 2.24. The predicted molar refractivity (Wildman–Crippen MR) is 72.3 cm³/mol. The molecule has 1 aromatic carbocycles. The Balaban J connectivity index is 1.68. The first-order chi connectivity index (χ1) is 9.56. The zero-order valence-corrected chi connectivity index (χ0v) is 11.3. The molecule has 0 spiro atoms. The normalized spacial score (nSPS) is 17.4. The van der Waals surface area contributed by atoms with Gasteiger partial charge in [-0.3, -0.25) is 19.3 Å². The van der Waals surface area contributed by atoms with Crippen LogP contribution in [0.25, 0.3) is 0 Å². The first-order valence-electron chi connectivity index (χ1n) is 6.82. The topological polar surface area (TPSA) is 66.5 Å². The lowest BCUT2D eigenvalue weighted by molar-refractivity contribution is -0.121. The molecule has 1 aliphatic heterocycles. The number of benzene rings is 1. The zero-order chi connectivity index (χ0) is 14.3. The van der Waals surface area contributed by atoms with E-state index in [1.807, 2.05) is 13.0 Å². The molecular weight excluding hydrogens is 256 g/mol. The maximum absolute atomic E-state index is 12.2. The van der Waals surface area contributed by atoms with Gasteiger partial charge in [0.05, 0.1) is 11.1 Å². The van der Waals surface area contributed by atoms with Crippen LogP contribution in [0.4, 0.5) is 0 Å². The highest BCUT2D eigenvalue weighted by atomic mass is 16.2. The highest BCUT2D eigenvalue weighted by Gasteiger charge is 2.35. The van der Waals surface area contributed by atoms with Gasteiger partial charge in [-0.15, -0.1) is 0 Å². The van der Waals surface area contributed by atoms with Crippen molar-refractivity contribution >= 4 is 17.7 Å². The van der Waals surface area contributed by atoms with E-state index in [-0.39, 0.29) is 30.7 Å². The summed E-state index contributed by atoms with van der Waals surface area (Å²) in [7, 11) is 0. The minimum absolute atomic E-state index is 0.0970. The van der Waals surface area contributed by atoms with Crippen LogP contribution < -0.4 is 5.32 Å². The van der Waals surface area contributed by atoms with Crippen LogP contribution in [0.15, 0.2) is 18.2 Å². The fraction of sp³-hybridized carbons (Fsp3) is 0.400. The van der Waals surface area contributed by atoms with Gasteiger partial charge in [0.15, 0.2) is 0 Å². The molecule has 0 unspecified atom stereocenters. The van der Waals surface area contributed by atoms with Crippen molar-refractivity contribution in [2.75, 3.05) is 6.54 Å². The van der Waals surface area contributed by atoms with Crippen molar-refractivity contribution in [2.24, 2.45) is 0 Å². The van der Waals surface area contributed by atoms with Crippen molar-refractivity contribution in [3.05, 3.63) is 34.9 Å². The van der Waals surface area contributed by atoms with E-state index in [1.165, 1.54) is 0 Å². The van der Waals surface area contributed by atoms with E-state index in [0.717, 1.165) is 23.3 Å². The van der Waals surface area contributed by atoms with Crippen LogP contribution >= 0.6 is 0 Å². The molecule has 3 amide bonds. The molecule has 0 aromatic heterocycles. The molecule has 0 atom stereocenters. The standard InChI is InChI=1S/C15H16N2O3/c1-9-2-5-11-12(8-9)15(20)17(14(11)19)7-6-13(18)16-10-3-4-10/h2,5,8,10H,3-4,6-7H2,1H3,(H,16,18). The van der Waals surface area contributed by atoms with Gasteiger partial charge in [-0.05, 0) is 31.9 Å². The van der Waals surface area contributed by atoms with E-state index in [0.29, 0.717) is 17.2 Å². The second-order valence-corrected chi connectivity index (χ2v) is 5.40. The van der Waals surface area contributed by atoms with Crippen LogP contribution in [-0.2, 0) is 4.79 Å². The van der Waals surface area contributed by atoms with E-state index in [4.69, 9.17) is 0 Å². The Morgan fingerprint density at radius 1 is 1.25 bits per heavy atom. The molecule has 2 aliphatic rings. The Bertz CT molecular complexity index is 605. The highest BCUT2D eigenvalue weighted by molar-refractivity contribution is 6.21. The molecule has 5 nitrogen and oxygen atoms in total. The summed E-state index contributed by atoms with van der Waals surface area (Å²) in [4.78, 5) is 37.1. The van der Waals surface area contributed by atoms with Crippen LogP contribution in [0.5, 0.6) is 0 Å². The number of nitrogens with zero attached hydrogens (tertiary/aromatic N) is 1. The summed E-state index contributed by atoms with van der Waals surface area (Å²) in [5.41, 5.74) is 1.82. The van der Waals surface area contributed by atoms with E-state index in [2.05, 4.69) is 5.32 Å². The number of rotatable bonds is 4. The largest absolute Gasteiger partial charge is 0.353 e. The Kier molecular flexibility index (Phi) is 3.04. The Morgan fingerprint density at radius 3 is 2.65 bits per heavy atom. The number of imide groups is 1. The summed E-state index contributed by atoms with van der Waals surface area (Å²) < 4.78 is 0. The van der Waals surface area contributed by atoms with E-state index in [9.17, 15) is 14.4 Å². The number of amides is 3. The van der Waals surface area contributed by atoms with Crippen LogP contribution in [0.2, 0.25) is 0 Å². The summed E-state index contributed by atoms with van der Waals surface area (Å²) in [5.74, 6) is -0.697. The molecule has 0 radical (unpaired) electrons. The number of fused-ring (bicyclic) bond motifs is 1. The van der Waals surface area contributed by atoms with Crippen LogP contribution in [0, 0.1) is 6.92 Å². The van der Waals surface area contributed by atoms with Gasteiger partial charge in [0.2, 0.25) is 5.91 Å². The number of hydrogen-bond donors (Lipinski definition) is 1. The Morgan fingerprint density at radius 2 is 1.95 bits per heavy atom. The Labute approximate surface area is 116 Å². The lowest BCUT2D eigenvalue weighted by Crippen LogP contribution is -2.35. The van der Waals surface area contributed by atoms with Crippen molar-refractivity contribution in [3.8, 4) is 0 Å². The van der Waals surface area contributed by atoms with Crippen LogP contribution in [-0.4, -0.2) is 35.2 Å². The molecule has 20 heavy (non-hydrogen) atoms. The lowest BCUT2D eigenvalue weighted by atomic mass is 10.1. The second kappa shape index (κ2) is 4.74. The fourth-order valence-electron chi connectivity index (χ4n) is 2.35.